The molecule has 23 heavy (non-hydrogen) atoms. The number of likely N-dealkylation sites (tertiary alicyclic amines) is 1. The zero-order chi connectivity index (χ0) is 16.8. The van der Waals surface area contributed by atoms with E-state index in [0.29, 0.717) is 19.5 Å². The maximum Gasteiger partial charge on any atom is 0.245 e. The Hall–Kier alpha value is -1.59. The lowest BCUT2D eigenvalue weighted by Gasteiger charge is -2.28. The summed E-state index contributed by atoms with van der Waals surface area (Å²) in [5.74, 6) is -0.219. The Bertz CT molecular complexity index is 446. The molecule has 2 fully saturated rings. The molecule has 2 N–H and O–H groups in total. The van der Waals surface area contributed by atoms with Crippen LogP contribution >= 0.6 is 0 Å². The summed E-state index contributed by atoms with van der Waals surface area (Å²) in [6.45, 7) is 4.73. The summed E-state index contributed by atoms with van der Waals surface area (Å²) in [6, 6.07) is -0.962. The molecule has 6 heteroatoms. The summed E-state index contributed by atoms with van der Waals surface area (Å²) in [4.78, 5) is 38.6. The number of nitrogens with zero attached hydrogens (tertiary/aromatic N) is 1. The molecule has 1 saturated heterocycles. The minimum atomic E-state index is -0.570. The summed E-state index contributed by atoms with van der Waals surface area (Å²) >= 11 is 0. The Morgan fingerprint density at radius 3 is 2.39 bits per heavy atom. The minimum Gasteiger partial charge on any atom is -0.355 e. The number of nitrogens with one attached hydrogen (secondary N) is 2. The van der Waals surface area contributed by atoms with Crippen molar-refractivity contribution in [3.63, 3.8) is 0 Å². The molecule has 0 aromatic heterocycles. The van der Waals surface area contributed by atoms with Gasteiger partial charge >= 0.3 is 0 Å². The fourth-order valence-corrected chi connectivity index (χ4v) is 3.60. The van der Waals surface area contributed by atoms with E-state index in [1.165, 1.54) is 6.42 Å². The molecule has 1 aliphatic heterocycles. The molecule has 6 nitrogen and oxygen atoms in total. The van der Waals surface area contributed by atoms with Crippen molar-refractivity contribution in [2.45, 2.75) is 70.9 Å². The third kappa shape index (κ3) is 4.45. The largest absolute Gasteiger partial charge is 0.355 e. The van der Waals surface area contributed by atoms with Crippen LogP contribution in [0.3, 0.4) is 0 Å². The third-order valence-electron chi connectivity index (χ3n) is 4.89. The molecule has 0 aromatic carbocycles. The molecular formula is C17H29N3O3. The topological polar surface area (TPSA) is 78.5 Å². The van der Waals surface area contributed by atoms with Crippen LogP contribution in [0.5, 0.6) is 0 Å². The normalized spacial score (nSPS) is 23.4. The lowest BCUT2D eigenvalue weighted by molar-refractivity contribution is -0.141. The third-order valence-corrected chi connectivity index (χ3v) is 4.89. The first-order valence-corrected chi connectivity index (χ1v) is 8.93. The van der Waals surface area contributed by atoms with Gasteiger partial charge in [-0.2, -0.15) is 0 Å². The Kier molecular flexibility index (Phi) is 6.42. The van der Waals surface area contributed by atoms with Gasteiger partial charge in [-0.25, -0.2) is 0 Å². The van der Waals surface area contributed by atoms with Crippen molar-refractivity contribution < 1.29 is 14.4 Å². The number of amides is 3. The summed E-state index contributed by atoms with van der Waals surface area (Å²) in [5, 5.41) is 5.64. The molecule has 2 aliphatic rings. The molecule has 1 heterocycles. The quantitative estimate of drug-likeness (QED) is 0.798. The first-order valence-electron chi connectivity index (χ1n) is 8.93. The molecule has 0 unspecified atom stereocenters. The van der Waals surface area contributed by atoms with Crippen LogP contribution in [0.25, 0.3) is 0 Å². The fourth-order valence-electron chi connectivity index (χ4n) is 3.60. The Morgan fingerprint density at radius 2 is 1.74 bits per heavy atom. The second-order valence-electron chi connectivity index (χ2n) is 6.65. The van der Waals surface area contributed by atoms with Gasteiger partial charge in [-0.05, 0) is 39.5 Å². The molecule has 0 bridgehead atoms. The zero-order valence-corrected chi connectivity index (χ0v) is 14.3. The Labute approximate surface area is 138 Å². The van der Waals surface area contributed by atoms with Gasteiger partial charge in [-0.15, -0.1) is 0 Å². The molecule has 2 rings (SSSR count). The van der Waals surface area contributed by atoms with Crippen molar-refractivity contribution >= 4 is 17.7 Å². The van der Waals surface area contributed by atoms with Gasteiger partial charge in [0.05, 0.1) is 0 Å². The predicted molar refractivity (Wildman–Crippen MR) is 87.6 cm³/mol. The highest BCUT2D eigenvalue weighted by molar-refractivity contribution is 5.92. The van der Waals surface area contributed by atoms with Crippen LogP contribution in [-0.2, 0) is 14.4 Å². The maximum absolute atomic E-state index is 12.6. The van der Waals surface area contributed by atoms with Crippen LogP contribution in [-0.4, -0.2) is 47.8 Å². The van der Waals surface area contributed by atoms with Crippen LogP contribution < -0.4 is 10.6 Å². The van der Waals surface area contributed by atoms with Crippen molar-refractivity contribution in [2.75, 3.05) is 13.1 Å². The summed E-state index contributed by atoms with van der Waals surface area (Å²) < 4.78 is 0. The molecule has 1 aliphatic carbocycles. The van der Waals surface area contributed by atoms with E-state index in [-0.39, 0.29) is 23.6 Å². The second kappa shape index (κ2) is 8.31. The molecule has 1 saturated carbocycles. The van der Waals surface area contributed by atoms with E-state index < -0.39 is 12.1 Å². The fraction of sp³-hybridized carbons (Fsp3) is 0.824. The average molecular weight is 323 g/mol. The number of likely N-dealkylation sites (N-methyl/N-ethyl adjacent to an activating group) is 1. The minimum absolute atomic E-state index is 0.0145. The van der Waals surface area contributed by atoms with Crippen LogP contribution in [0.2, 0.25) is 0 Å². The van der Waals surface area contributed by atoms with Crippen LogP contribution in [0, 0.1) is 5.92 Å². The summed E-state index contributed by atoms with van der Waals surface area (Å²) in [5.41, 5.74) is 0. The van der Waals surface area contributed by atoms with Crippen molar-refractivity contribution in [2.24, 2.45) is 5.92 Å². The Balaban J connectivity index is 1.90. The smallest absolute Gasteiger partial charge is 0.245 e. The van der Waals surface area contributed by atoms with Gasteiger partial charge in [0.25, 0.3) is 0 Å². The highest BCUT2D eigenvalue weighted by Gasteiger charge is 2.36. The van der Waals surface area contributed by atoms with Crippen molar-refractivity contribution in [1.29, 1.82) is 0 Å². The van der Waals surface area contributed by atoms with E-state index in [0.717, 1.165) is 32.1 Å². The maximum atomic E-state index is 12.6. The number of rotatable bonds is 5. The predicted octanol–water partition coefficient (Wildman–Crippen LogP) is 1.20. The molecule has 0 spiro atoms. The molecule has 0 aromatic rings. The zero-order valence-electron chi connectivity index (χ0n) is 14.3. The van der Waals surface area contributed by atoms with Gasteiger partial charge in [0.15, 0.2) is 0 Å². The SMILES string of the molecule is CCNC(=O)[C@@H]1CCCN1C(=O)[C@H](C)NC(=O)C1CCCCC1. The number of hydrogen-bond donors (Lipinski definition) is 2. The highest BCUT2D eigenvalue weighted by atomic mass is 16.2. The lowest BCUT2D eigenvalue weighted by atomic mass is 9.88. The number of hydrogen-bond acceptors (Lipinski definition) is 3. The van der Waals surface area contributed by atoms with Gasteiger partial charge in [-0.3, -0.25) is 14.4 Å². The van der Waals surface area contributed by atoms with Gasteiger partial charge in [0.1, 0.15) is 12.1 Å². The van der Waals surface area contributed by atoms with E-state index in [4.69, 9.17) is 0 Å². The summed E-state index contributed by atoms with van der Waals surface area (Å²) in [7, 11) is 0. The Morgan fingerprint density at radius 1 is 1.04 bits per heavy atom. The standard InChI is InChI=1S/C17H29N3O3/c1-3-18-16(22)14-10-7-11-20(14)17(23)12(2)19-15(21)13-8-5-4-6-9-13/h12-14H,3-11H2,1-2H3,(H,18,22)(H,19,21)/t12-,14-/m0/s1. The monoisotopic (exact) mass is 323 g/mol. The van der Waals surface area contributed by atoms with Gasteiger partial charge in [-0.1, -0.05) is 19.3 Å². The second-order valence-corrected chi connectivity index (χ2v) is 6.65. The van der Waals surface area contributed by atoms with Crippen LogP contribution in [0.4, 0.5) is 0 Å². The molecule has 0 radical (unpaired) electrons. The van der Waals surface area contributed by atoms with E-state index in [9.17, 15) is 14.4 Å². The van der Waals surface area contributed by atoms with Gasteiger partial charge in [0.2, 0.25) is 17.7 Å². The van der Waals surface area contributed by atoms with Gasteiger partial charge in [0, 0.05) is 19.0 Å². The summed E-state index contributed by atoms with van der Waals surface area (Å²) in [6.07, 6.45) is 6.73. The van der Waals surface area contributed by atoms with E-state index >= 15 is 0 Å². The van der Waals surface area contributed by atoms with Crippen molar-refractivity contribution in [3.8, 4) is 0 Å². The molecule has 2 atom stereocenters. The van der Waals surface area contributed by atoms with E-state index in [2.05, 4.69) is 10.6 Å². The molecule has 130 valence electrons. The highest BCUT2D eigenvalue weighted by Crippen LogP contribution is 2.24. The lowest BCUT2D eigenvalue weighted by Crippen LogP contribution is -2.53. The van der Waals surface area contributed by atoms with Crippen LogP contribution in [0.1, 0.15) is 58.8 Å². The van der Waals surface area contributed by atoms with E-state index in [1.54, 1.807) is 11.8 Å². The number of carbonyl (C=O) groups excluding carboxylic acids is 3. The number of carbonyl (C=O) groups is 3. The first kappa shape index (κ1) is 17.8. The molecule has 3 amide bonds. The van der Waals surface area contributed by atoms with Crippen molar-refractivity contribution in [3.05, 3.63) is 0 Å². The van der Waals surface area contributed by atoms with E-state index in [1.807, 2.05) is 6.92 Å². The van der Waals surface area contributed by atoms with Crippen molar-refractivity contribution in [1.82, 2.24) is 15.5 Å². The first-order chi connectivity index (χ1) is 11.0. The van der Waals surface area contributed by atoms with Crippen LogP contribution in [0.15, 0.2) is 0 Å². The molecular weight excluding hydrogens is 294 g/mol. The van der Waals surface area contributed by atoms with Gasteiger partial charge < -0.3 is 15.5 Å². The average Bonchev–Trinajstić information content (AvgIpc) is 3.04.